The summed E-state index contributed by atoms with van der Waals surface area (Å²) in [4.78, 5) is 21.3. The molecule has 0 spiro atoms. The molecule has 0 unspecified atom stereocenters. The van der Waals surface area contributed by atoms with E-state index in [2.05, 4.69) is 34.1 Å². The lowest BCUT2D eigenvalue weighted by Gasteiger charge is -2.26. The Bertz CT molecular complexity index is 711. The summed E-state index contributed by atoms with van der Waals surface area (Å²) >= 11 is 0. The summed E-state index contributed by atoms with van der Waals surface area (Å²) in [5.74, 6) is 0.0338. The van der Waals surface area contributed by atoms with Crippen molar-refractivity contribution in [1.82, 2.24) is 9.88 Å². The first-order chi connectivity index (χ1) is 11.1. The van der Waals surface area contributed by atoms with Gasteiger partial charge in [-0.2, -0.15) is 0 Å². The predicted octanol–water partition coefficient (Wildman–Crippen LogP) is 3.43. The molecule has 1 saturated heterocycles. The molecule has 1 aliphatic rings. The first-order valence-electron chi connectivity index (χ1n) is 8.08. The Morgan fingerprint density at radius 3 is 2.74 bits per heavy atom. The molecule has 23 heavy (non-hydrogen) atoms. The maximum absolute atomic E-state index is 12.9. The summed E-state index contributed by atoms with van der Waals surface area (Å²) in [6, 6.07) is 14.2. The first-order valence-corrected chi connectivity index (χ1v) is 8.08. The highest BCUT2D eigenvalue weighted by Gasteiger charge is 2.31. The van der Waals surface area contributed by atoms with Gasteiger partial charge in [-0.1, -0.05) is 18.2 Å². The smallest absolute Gasteiger partial charge is 0.272 e. The molecule has 1 amide bonds. The molecule has 1 aliphatic heterocycles. The van der Waals surface area contributed by atoms with Crippen molar-refractivity contribution < 1.29 is 4.79 Å². The number of nitrogens with zero attached hydrogens (tertiary/aromatic N) is 3. The number of aromatic nitrogens is 1. The Labute approximate surface area is 137 Å². The van der Waals surface area contributed by atoms with Gasteiger partial charge in [0.1, 0.15) is 5.69 Å². The number of pyridine rings is 1. The molecule has 0 aliphatic carbocycles. The van der Waals surface area contributed by atoms with Gasteiger partial charge in [0.15, 0.2) is 0 Å². The van der Waals surface area contributed by atoms with Gasteiger partial charge in [0, 0.05) is 32.0 Å². The average molecular weight is 309 g/mol. The fraction of sp³-hybridized carbons (Fsp3) is 0.368. The van der Waals surface area contributed by atoms with Crippen molar-refractivity contribution >= 4 is 11.6 Å². The molecule has 0 radical (unpaired) electrons. The van der Waals surface area contributed by atoms with Crippen LogP contribution in [0.2, 0.25) is 0 Å². The van der Waals surface area contributed by atoms with Gasteiger partial charge in [0.05, 0.1) is 6.04 Å². The minimum Gasteiger partial charge on any atom is -0.378 e. The number of anilines is 1. The molecule has 3 rings (SSSR count). The van der Waals surface area contributed by atoms with Crippen LogP contribution in [0.1, 0.15) is 40.6 Å². The number of hydrogen-bond donors (Lipinski definition) is 0. The van der Waals surface area contributed by atoms with Gasteiger partial charge in [0.25, 0.3) is 5.91 Å². The van der Waals surface area contributed by atoms with Crippen molar-refractivity contribution in [3.63, 3.8) is 0 Å². The van der Waals surface area contributed by atoms with E-state index in [0.717, 1.165) is 30.8 Å². The molecule has 4 heteroatoms. The van der Waals surface area contributed by atoms with Crippen LogP contribution in [0.3, 0.4) is 0 Å². The van der Waals surface area contributed by atoms with Crippen LogP contribution >= 0.6 is 0 Å². The first kappa shape index (κ1) is 15.5. The van der Waals surface area contributed by atoms with Gasteiger partial charge >= 0.3 is 0 Å². The Morgan fingerprint density at radius 2 is 2.00 bits per heavy atom. The lowest BCUT2D eigenvalue weighted by Crippen LogP contribution is -2.31. The van der Waals surface area contributed by atoms with E-state index in [-0.39, 0.29) is 11.9 Å². The standard InChI is InChI=1S/C19H23N3O/c1-14-7-4-10-17(20-14)19(23)22-12-6-11-18(22)15-8-5-9-16(13-15)21(2)3/h4-5,7-10,13,18H,6,11-12H2,1-3H3/t18-/m0/s1. The lowest BCUT2D eigenvalue weighted by atomic mass is 10.0. The van der Waals surface area contributed by atoms with Crippen LogP contribution in [0, 0.1) is 6.92 Å². The number of hydrogen-bond acceptors (Lipinski definition) is 3. The van der Waals surface area contributed by atoms with E-state index >= 15 is 0 Å². The second kappa shape index (κ2) is 6.41. The largest absolute Gasteiger partial charge is 0.378 e. The van der Waals surface area contributed by atoms with Crippen LogP contribution in [0.5, 0.6) is 0 Å². The fourth-order valence-corrected chi connectivity index (χ4v) is 3.18. The lowest BCUT2D eigenvalue weighted by molar-refractivity contribution is 0.0729. The molecule has 0 saturated carbocycles. The van der Waals surface area contributed by atoms with Gasteiger partial charge < -0.3 is 9.80 Å². The predicted molar refractivity (Wildman–Crippen MR) is 92.8 cm³/mol. The summed E-state index contributed by atoms with van der Waals surface area (Å²) in [6.45, 7) is 2.71. The third kappa shape index (κ3) is 3.21. The minimum absolute atomic E-state index is 0.0338. The van der Waals surface area contributed by atoms with Crippen LogP contribution in [0.4, 0.5) is 5.69 Å². The zero-order valence-electron chi connectivity index (χ0n) is 14.0. The number of amides is 1. The molecular formula is C19H23N3O. The van der Waals surface area contributed by atoms with Crippen molar-refractivity contribution in [2.75, 3.05) is 25.5 Å². The number of benzene rings is 1. The van der Waals surface area contributed by atoms with Crippen LogP contribution in [0.25, 0.3) is 0 Å². The highest BCUT2D eigenvalue weighted by atomic mass is 16.2. The van der Waals surface area contributed by atoms with Gasteiger partial charge in [-0.3, -0.25) is 4.79 Å². The fourth-order valence-electron chi connectivity index (χ4n) is 3.18. The highest BCUT2D eigenvalue weighted by Crippen LogP contribution is 2.34. The molecular weight excluding hydrogens is 286 g/mol. The van der Waals surface area contributed by atoms with Gasteiger partial charge in [-0.05, 0) is 49.6 Å². The number of likely N-dealkylation sites (tertiary alicyclic amines) is 1. The normalized spacial score (nSPS) is 17.3. The molecule has 2 aromatic rings. The highest BCUT2D eigenvalue weighted by molar-refractivity contribution is 5.92. The van der Waals surface area contributed by atoms with Gasteiger partial charge in [-0.25, -0.2) is 4.98 Å². The van der Waals surface area contributed by atoms with Crippen molar-refractivity contribution in [1.29, 1.82) is 0 Å². The van der Waals surface area contributed by atoms with E-state index in [0.29, 0.717) is 5.69 Å². The summed E-state index contributed by atoms with van der Waals surface area (Å²) in [5.41, 5.74) is 3.78. The molecule has 0 N–H and O–H groups in total. The molecule has 1 aromatic heterocycles. The molecule has 1 fully saturated rings. The summed E-state index contributed by atoms with van der Waals surface area (Å²) in [7, 11) is 4.07. The summed E-state index contributed by atoms with van der Waals surface area (Å²) in [6.07, 6.45) is 2.04. The second-order valence-corrected chi connectivity index (χ2v) is 6.31. The third-order valence-electron chi connectivity index (χ3n) is 4.39. The van der Waals surface area contributed by atoms with E-state index in [9.17, 15) is 4.79 Å². The van der Waals surface area contributed by atoms with Crippen LogP contribution < -0.4 is 4.90 Å². The van der Waals surface area contributed by atoms with Gasteiger partial charge in [-0.15, -0.1) is 0 Å². The molecule has 1 aromatic carbocycles. The number of rotatable bonds is 3. The number of carbonyl (C=O) groups is 1. The zero-order valence-corrected chi connectivity index (χ0v) is 14.0. The monoisotopic (exact) mass is 309 g/mol. The van der Waals surface area contributed by atoms with E-state index < -0.39 is 0 Å². The Morgan fingerprint density at radius 1 is 1.22 bits per heavy atom. The second-order valence-electron chi connectivity index (χ2n) is 6.31. The summed E-state index contributed by atoms with van der Waals surface area (Å²) in [5, 5.41) is 0. The summed E-state index contributed by atoms with van der Waals surface area (Å²) < 4.78 is 0. The molecule has 2 heterocycles. The van der Waals surface area contributed by atoms with E-state index in [1.807, 2.05) is 38.1 Å². The molecule has 4 nitrogen and oxygen atoms in total. The van der Waals surface area contributed by atoms with Crippen LogP contribution in [-0.2, 0) is 0 Å². The van der Waals surface area contributed by atoms with Crippen molar-refractivity contribution in [2.45, 2.75) is 25.8 Å². The molecule has 0 bridgehead atoms. The minimum atomic E-state index is 0.0338. The molecule has 1 atom stereocenters. The van der Waals surface area contributed by atoms with Crippen LogP contribution in [0.15, 0.2) is 42.5 Å². The average Bonchev–Trinajstić information content (AvgIpc) is 3.04. The van der Waals surface area contributed by atoms with Crippen molar-refractivity contribution in [2.24, 2.45) is 0 Å². The van der Waals surface area contributed by atoms with E-state index in [1.165, 1.54) is 5.56 Å². The Kier molecular flexibility index (Phi) is 4.33. The zero-order chi connectivity index (χ0) is 16.4. The Hall–Kier alpha value is -2.36. The number of carbonyl (C=O) groups excluding carboxylic acids is 1. The maximum Gasteiger partial charge on any atom is 0.272 e. The topological polar surface area (TPSA) is 36.4 Å². The van der Waals surface area contributed by atoms with Crippen LogP contribution in [-0.4, -0.2) is 36.4 Å². The quantitative estimate of drug-likeness (QED) is 0.871. The SMILES string of the molecule is Cc1cccc(C(=O)N2CCC[C@H]2c2cccc(N(C)C)c2)n1. The molecule has 120 valence electrons. The van der Waals surface area contributed by atoms with E-state index in [1.54, 1.807) is 6.07 Å². The number of aryl methyl sites for hydroxylation is 1. The van der Waals surface area contributed by atoms with Crippen molar-refractivity contribution in [3.05, 3.63) is 59.4 Å². The van der Waals surface area contributed by atoms with Crippen molar-refractivity contribution in [3.8, 4) is 0 Å². The third-order valence-corrected chi connectivity index (χ3v) is 4.39. The van der Waals surface area contributed by atoms with Gasteiger partial charge in [0.2, 0.25) is 0 Å². The Balaban J connectivity index is 1.88. The maximum atomic E-state index is 12.9. The van der Waals surface area contributed by atoms with E-state index in [4.69, 9.17) is 0 Å².